The monoisotopic (exact) mass is 443 g/mol. The Labute approximate surface area is 173 Å². The maximum atomic E-state index is 13.6. The number of nitrogens with one attached hydrogen (secondary N) is 1. The molecule has 0 aliphatic carbocycles. The van der Waals surface area contributed by atoms with Crippen LogP contribution < -0.4 is 5.32 Å². The number of nitrogens with zero attached hydrogens (tertiary/aromatic N) is 2. The molecule has 7 nitrogen and oxygen atoms in total. The molecule has 0 amide bonds. The number of ether oxygens (including phenoxy) is 1. The third-order valence-electron chi connectivity index (χ3n) is 4.58. The van der Waals surface area contributed by atoms with E-state index in [1.165, 1.54) is 19.3 Å². The van der Waals surface area contributed by atoms with Crippen LogP contribution in [0.15, 0.2) is 22.9 Å². The van der Waals surface area contributed by atoms with Gasteiger partial charge in [0.15, 0.2) is 0 Å². The van der Waals surface area contributed by atoms with Crippen molar-refractivity contribution in [2.45, 2.75) is 39.0 Å². The van der Waals surface area contributed by atoms with Gasteiger partial charge >= 0.3 is 12.1 Å². The standard InChI is InChI=1S/C19H20F3N3O4S/c1-4-28-17(26)14-11(3)13-15(24-9-25-16(13)30-14)23-8-7-18(27,19(20,21)22)12-6-5-10(2)29-12/h5-6,9,27H,4,7-8H2,1-3H3,(H,23,24,25)/t18-/m0/s1. The first-order chi connectivity index (χ1) is 14.1. The summed E-state index contributed by atoms with van der Waals surface area (Å²) in [6.07, 6.45) is -4.39. The lowest BCUT2D eigenvalue weighted by molar-refractivity contribution is -0.274. The van der Waals surface area contributed by atoms with Crippen molar-refractivity contribution < 1.29 is 32.2 Å². The van der Waals surface area contributed by atoms with Gasteiger partial charge in [-0.1, -0.05) is 0 Å². The number of rotatable bonds is 7. The van der Waals surface area contributed by atoms with E-state index >= 15 is 0 Å². The summed E-state index contributed by atoms with van der Waals surface area (Å²) in [6, 6.07) is 2.47. The quantitative estimate of drug-likeness (QED) is 0.525. The van der Waals surface area contributed by atoms with Gasteiger partial charge < -0.3 is 19.6 Å². The van der Waals surface area contributed by atoms with Gasteiger partial charge in [0.05, 0.1) is 12.0 Å². The van der Waals surface area contributed by atoms with E-state index in [2.05, 4.69) is 15.3 Å². The zero-order valence-corrected chi connectivity index (χ0v) is 17.3. The van der Waals surface area contributed by atoms with Gasteiger partial charge in [0.25, 0.3) is 0 Å². The molecule has 0 spiro atoms. The van der Waals surface area contributed by atoms with Crippen molar-refractivity contribution in [1.82, 2.24) is 9.97 Å². The zero-order chi connectivity index (χ0) is 22.1. The van der Waals surface area contributed by atoms with Crippen LogP contribution in [0.1, 0.15) is 40.1 Å². The highest BCUT2D eigenvalue weighted by molar-refractivity contribution is 7.20. The normalized spacial score (nSPS) is 14.0. The van der Waals surface area contributed by atoms with Crippen molar-refractivity contribution >= 4 is 33.3 Å². The number of aromatic nitrogens is 2. The minimum absolute atomic E-state index is 0.214. The second-order valence-corrected chi connectivity index (χ2v) is 7.62. The average Bonchev–Trinajstić information content (AvgIpc) is 3.25. The smallest absolute Gasteiger partial charge is 0.424 e. The number of thiophene rings is 1. The topological polar surface area (TPSA) is 97.5 Å². The summed E-state index contributed by atoms with van der Waals surface area (Å²) >= 11 is 1.12. The van der Waals surface area contributed by atoms with Gasteiger partial charge in [-0.15, -0.1) is 11.3 Å². The number of esters is 1. The second kappa shape index (κ2) is 8.23. The highest BCUT2D eigenvalue weighted by atomic mass is 32.1. The summed E-state index contributed by atoms with van der Waals surface area (Å²) in [5.74, 6) is -0.537. The van der Waals surface area contributed by atoms with E-state index in [4.69, 9.17) is 9.15 Å². The molecule has 3 rings (SSSR count). The Morgan fingerprint density at radius 1 is 1.30 bits per heavy atom. The van der Waals surface area contributed by atoms with Crippen LogP contribution in [-0.2, 0) is 10.3 Å². The highest BCUT2D eigenvalue weighted by Crippen LogP contribution is 2.42. The van der Waals surface area contributed by atoms with Crippen molar-refractivity contribution in [3.8, 4) is 0 Å². The maximum Gasteiger partial charge on any atom is 0.424 e. The van der Waals surface area contributed by atoms with Gasteiger partial charge in [0.2, 0.25) is 5.60 Å². The summed E-state index contributed by atoms with van der Waals surface area (Å²) in [5, 5.41) is 13.7. The highest BCUT2D eigenvalue weighted by Gasteiger charge is 2.56. The van der Waals surface area contributed by atoms with Crippen LogP contribution in [0.25, 0.3) is 10.2 Å². The van der Waals surface area contributed by atoms with Crippen molar-refractivity contribution in [2.75, 3.05) is 18.5 Å². The van der Waals surface area contributed by atoms with Crippen molar-refractivity contribution in [3.63, 3.8) is 0 Å². The number of halogens is 3. The lowest BCUT2D eigenvalue weighted by Crippen LogP contribution is -2.43. The lowest BCUT2D eigenvalue weighted by atomic mass is 9.95. The van der Waals surface area contributed by atoms with Gasteiger partial charge in [0.1, 0.15) is 33.4 Å². The second-order valence-electron chi connectivity index (χ2n) is 6.62. The number of carbonyl (C=O) groups is 1. The van der Waals surface area contributed by atoms with Gasteiger partial charge in [-0.2, -0.15) is 13.2 Å². The van der Waals surface area contributed by atoms with Crippen molar-refractivity contribution in [2.24, 2.45) is 0 Å². The molecule has 0 bridgehead atoms. The van der Waals surface area contributed by atoms with Gasteiger partial charge in [-0.05, 0) is 38.5 Å². The summed E-state index contributed by atoms with van der Waals surface area (Å²) in [5.41, 5.74) is -2.58. The van der Waals surface area contributed by atoms with E-state index in [1.54, 1.807) is 13.8 Å². The Balaban J connectivity index is 1.85. The Morgan fingerprint density at radius 3 is 2.63 bits per heavy atom. The Hall–Kier alpha value is -2.66. The number of hydrogen-bond acceptors (Lipinski definition) is 8. The molecular formula is C19H20F3N3O4S. The molecule has 3 heterocycles. The van der Waals surface area contributed by atoms with Crippen molar-refractivity contribution in [1.29, 1.82) is 0 Å². The summed E-state index contributed by atoms with van der Waals surface area (Å²) < 4.78 is 50.9. The number of carbonyl (C=O) groups excluding carboxylic acids is 1. The molecule has 0 aromatic carbocycles. The van der Waals surface area contributed by atoms with Crippen LogP contribution in [0.2, 0.25) is 0 Å². The molecule has 0 saturated carbocycles. The SMILES string of the molecule is CCOC(=O)c1sc2ncnc(NCC[C@](O)(c3ccc(C)o3)C(F)(F)F)c2c1C. The fraction of sp³-hybridized carbons (Fsp3) is 0.421. The molecule has 1 atom stereocenters. The predicted molar refractivity (Wildman–Crippen MR) is 105 cm³/mol. The molecular weight excluding hydrogens is 423 g/mol. The predicted octanol–water partition coefficient (Wildman–Crippen LogP) is 4.33. The van der Waals surface area contributed by atoms with E-state index < -0.39 is 29.9 Å². The van der Waals surface area contributed by atoms with E-state index in [-0.39, 0.29) is 24.7 Å². The third-order valence-corrected chi connectivity index (χ3v) is 5.76. The van der Waals surface area contributed by atoms with E-state index in [0.29, 0.717) is 20.7 Å². The fourth-order valence-electron chi connectivity index (χ4n) is 3.02. The van der Waals surface area contributed by atoms with Crippen molar-refractivity contribution in [3.05, 3.63) is 40.4 Å². The first-order valence-electron chi connectivity index (χ1n) is 9.09. The number of furan rings is 1. The van der Waals surface area contributed by atoms with Crippen LogP contribution >= 0.6 is 11.3 Å². The average molecular weight is 443 g/mol. The fourth-order valence-corrected chi connectivity index (χ4v) is 4.06. The number of anilines is 1. The number of aliphatic hydroxyl groups is 1. The maximum absolute atomic E-state index is 13.6. The first kappa shape index (κ1) is 22.0. The number of hydrogen-bond donors (Lipinski definition) is 2. The number of alkyl halides is 3. The molecule has 3 aromatic rings. The molecule has 0 fully saturated rings. The summed E-state index contributed by atoms with van der Waals surface area (Å²) in [4.78, 5) is 21.2. The van der Waals surface area contributed by atoms with E-state index in [9.17, 15) is 23.1 Å². The lowest BCUT2D eigenvalue weighted by Gasteiger charge is -2.28. The molecule has 162 valence electrons. The Kier molecular flexibility index (Phi) is 6.04. The molecule has 3 aromatic heterocycles. The van der Waals surface area contributed by atoms with Crippen LogP contribution in [0.4, 0.5) is 19.0 Å². The van der Waals surface area contributed by atoms with E-state index in [1.807, 2.05) is 0 Å². The van der Waals surface area contributed by atoms with E-state index in [0.717, 1.165) is 17.4 Å². The van der Waals surface area contributed by atoms with Gasteiger partial charge in [-0.3, -0.25) is 0 Å². The van der Waals surface area contributed by atoms with Crippen LogP contribution in [0, 0.1) is 13.8 Å². The molecule has 0 aliphatic rings. The summed E-state index contributed by atoms with van der Waals surface area (Å²) in [6.45, 7) is 4.83. The summed E-state index contributed by atoms with van der Waals surface area (Å²) in [7, 11) is 0. The Morgan fingerprint density at radius 2 is 2.03 bits per heavy atom. The molecule has 0 aliphatic heterocycles. The zero-order valence-electron chi connectivity index (χ0n) is 16.5. The van der Waals surface area contributed by atoms with Gasteiger partial charge in [0, 0.05) is 13.0 Å². The molecule has 0 saturated heterocycles. The largest absolute Gasteiger partial charge is 0.463 e. The van der Waals surface area contributed by atoms with Crippen LogP contribution in [0.3, 0.4) is 0 Å². The Bertz CT molecular complexity index is 1060. The van der Waals surface area contributed by atoms with Crippen LogP contribution in [-0.4, -0.2) is 40.4 Å². The molecule has 0 unspecified atom stereocenters. The first-order valence-corrected chi connectivity index (χ1v) is 9.91. The van der Waals surface area contributed by atoms with Crippen LogP contribution in [0.5, 0.6) is 0 Å². The number of fused-ring (bicyclic) bond motifs is 1. The molecule has 2 N–H and O–H groups in total. The third kappa shape index (κ3) is 3.99. The number of aryl methyl sites for hydroxylation is 2. The molecule has 30 heavy (non-hydrogen) atoms. The molecule has 11 heteroatoms. The minimum atomic E-state index is -4.94. The minimum Gasteiger partial charge on any atom is -0.463 e. The van der Waals surface area contributed by atoms with Gasteiger partial charge in [-0.25, -0.2) is 14.8 Å². The molecule has 0 radical (unpaired) electrons.